The van der Waals surface area contributed by atoms with E-state index < -0.39 is 0 Å². The van der Waals surface area contributed by atoms with Crippen molar-refractivity contribution in [3.05, 3.63) is 59.5 Å². The van der Waals surface area contributed by atoms with Crippen LogP contribution in [0.1, 0.15) is 42.3 Å². The van der Waals surface area contributed by atoms with E-state index in [1.807, 2.05) is 6.07 Å². The summed E-state index contributed by atoms with van der Waals surface area (Å²) in [5.74, 6) is 0. The Hall–Kier alpha value is -1.02. The van der Waals surface area contributed by atoms with Crippen LogP contribution in [-0.4, -0.2) is 0 Å². The molecule has 0 amide bonds. The molecule has 2 heteroatoms. The molecule has 0 spiro atoms. The van der Waals surface area contributed by atoms with Gasteiger partial charge in [0.2, 0.25) is 0 Å². The zero-order valence-electron chi connectivity index (χ0n) is 10.4. The van der Waals surface area contributed by atoms with Crippen LogP contribution >= 0.6 is 15.9 Å². The van der Waals surface area contributed by atoms with Gasteiger partial charge in [-0.2, -0.15) is 0 Å². The Balaban J connectivity index is 2.24. The van der Waals surface area contributed by atoms with Crippen LogP contribution in [0.5, 0.6) is 0 Å². The maximum Gasteiger partial charge on any atom is 0.0949 e. The van der Waals surface area contributed by atoms with Crippen molar-refractivity contribution in [2.24, 2.45) is 0 Å². The van der Waals surface area contributed by atoms with Crippen LogP contribution in [0.25, 0.3) is 0 Å². The molecule has 0 N–H and O–H groups in total. The Morgan fingerprint density at radius 3 is 2.12 bits per heavy atom. The maximum absolute atomic E-state index is 5.11. The average Bonchev–Trinajstić information content (AvgIpc) is 2.80. The molecule has 0 aliphatic rings. The van der Waals surface area contributed by atoms with Crippen molar-refractivity contribution in [2.45, 2.75) is 31.0 Å². The van der Waals surface area contributed by atoms with Crippen molar-refractivity contribution in [3.8, 4) is 0 Å². The fourth-order valence-electron chi connectivity index (χ4n) is 1.76. The van der Waals surface area contributed by atoms with Crippen LogP contribution in [0.4, 0.5) is 0 Å². The van der Waals surface area contributed by atoms with Crippen molar-refractivity contribution >= 4 is 15.9 Å². The number of benzene rings is 1. The first-order chi connectivity index (χ1) is 7.98. The highest BCUT2D eigenvalue weighted by atomic mass is 79.9. The minimum atomic E-state index is 0.204. The molecule has 1 heterocycles. The number of rotatable bonds is 2. The van der Waals surface area contributed by atoms with Gasteiger partial charge in [-0.05, 0) is 22.6 Å². The Kier molecular flexibility index (Phi) is 3.43. The summed E-state index contributed by atoms with van der Waals surface area (Å²) in [6.07, 6.45) is 3.48. The average molecular weight is 293 g/mol. The van der Waals surface area contributed by atoms with Crippen LogP contribution in [0.15, 0.2) is 47.3 Å². The zero-order chi connectivity index (χ0) is 12.5. The van der Waals surface area contributed by atoms with Gasteiger partial charge in [0.1, 0.15) is 0 Å². The highest BCUT2D eigenvalue weighted by Gasteiger charge is 2.15. The van der Waals surface area contributed by atoms with Crippen LogP contribution in [-0.2, 0) is 5.41 Å². The molecule has 2 rings (SSSR count). The topological polar surface area (TPSA) is 13.1 Å². The molecule has 17 heavy (non-hydrogen) atoms. The van der Waals surface area contributed by atoms with Gasteiger partial charge >= 0.3 is 0 Å². The molecule has 0 aliphatic carbocycles. The van der Waals surface area contributed by atoms with Crippen molar-refractivity contribution in [1.82, 2.24) is 0 Å². The fraction of sp³-hybridized carbons (Fsp3) is 0.333. The number of hydrogen-bond acceptors (Lipinski definition) is 1. The molecule has 0 bridgehead atoms. The lowest BCUT2D eigenvalue weighted by Gasteiger charge is -2.19. The number of furan rings is 1. The van der Waals surface area contributed by atoms with Crippen LogP contribution in [0, 0.1) is 0 Å². The maximum atomic E-state index is 5.11. The lowest BCUT2D eigenvalue weighted by molar-refractivity contribution is 0.564. The largest absolute Gasteiger partial charge is 0.472 e. The first-order valence-electron chi connectivity index (χ1n) is 5.75. The van der Waals surface area contributed by atoms with Crippen LogP contribution < -0.4 is 0 Å². The predicted molar refractivity (Wildman–Crippen MR) is 74.6 cm³/mol. The normalized spacial score (nSPS) is 13.6. The summed E-state index contributed by atoms with van der Waals surface area (Å²) in [6.45, 7) is 6.68. The summed E-state index contributed by atoms with van der Waals surface area (Å²) in [5.41, 5.74) is 3.96. The second-order valence-corrected chi connectivity index (χ2v) is 6.21. The van der Waals surface area contributed by atoms with E-state index in [1.165, 1.54) is 11.1 Å². The Labute approximate surface area is 111 Å². The molecule has 0 saturated carbocycles. The monoisotopic (exact) mass is 292 g/mol. The van der Waals surface area contributed by atoms with Gasteiger partial charge in [-0.3, -0.25) is 0 Å². The van der Waals surface area contributed by atoms with E-state index in [0.29, 0.717) is 0 Å². The van der Waals surface area contributed by atoms with Gasteiger partial charge in [-0.15, -0.1) is 0 Å². The molecule has 1 atom stereocenters. The van der Waals surface area contributed by atoms with E-state index >= 15 is 0 Å². The van der Waals surface area contributed by atoms with E-state index in [-0.39, 0.29) is 10.2 Å². The third-order valence-corrected chi connectivity index (χ3v) is 3.96. The smallest absolute Gasteiger partial charge is 0.0949 e. The summed E-state index contributed by atoms with van der Waals surface area (Å²) >= 11 is 3.69. The molecule has 1 unspecified atom stereocenters. The van der Waals surface area contributed by atoms with Gasteiger partial charge in [0.25, 0.3) is 0 Å². The highest BCUT2D eigenvalue weighted by molar-refractivity contribution is 9.09. The highest BCUT2D eigenvalue weighted by Crippen LogP contribution is 2.32. The minimum Gasteiger partial charge on any atom is -0.472 e. The summed E-state index contributed by atoms with van der Waals surface area (Å²) < 4.78 is 5.11. The summed E-state index contributed by atoms with van der Waals surface area (Å²) in [7, 11) is 0. The first-order valence-corrected chi connectivity index (χ1v) is 6.66. The van der Waals surface area contributed by atoms with Crippen molar-refractivity contribution in [3.63, 3.8) is 0 Å². The van der Waals surface area contributed by atoms with Gasteiger partial charge in [-0.1, -0.05) is 61.0 Å². The van der Waals surface area contributed by atoms with Crippen molar-refractivity contribution in [2.75, 3.05) is 0 Å². The van der Waals surface area contributed by atoms with Gasteiger partial charge in [-0.25, -0.2) is 0 Å². The number of alkyl halides is 1. The molecule has 1 aromatic heterocycles. The Bertz CT molecular complexity index is 463. The SMILES string of the molecule is CC(C)(C)c1ccc(C(Br)c2ccoc2)cc1. The van der Waals surface area contributed by atoms with Crippen LogP contribution in [0.2, 0.25) is 0 Å². The third-order valence-electron chi connectivity index (χ3n) is 2.91. The van der Waals surface area contributed by atoms with E-state index in [0.717, 1.165) is 5.56 Å². The second-order valence-electron chi connectivity index (χ2n) is 5.29. The minimum absolute atomic E-state index is 0.204. The lowest BCUT2D eigenvalue weighted by Crippen LogP contribution is -2.10. The molecule has 1 nitrogen and oxygen atoms in total. The van der Waals surface area contributed by atoms with Crippen molar-refractivity contribution in [1.29, 1.82) is 0 Å². The molecule has 2 aromatic rings. The zero-order valence-corrected chi connectivity index (χ0v) is 12.0. The van der Waals surface area contributed by atoms with Gasteiger partial charge in [0.15, 0.2) is 0 Å². The van der Waals surface area contributed by atoms with Gasteiger partial charge < -0.3 is 4.42 Å². The molecular weight excluding hydrogens is 276 g/mol. The molecule has 0 fully saturated rings. The molecule has 90 valence electrons. The molecule has 1 aromatic carbocycles. The molecule has 0 saturated heterocycles. The Morgan fingerprint density at radius 2 is 1.65 bits per heavy atom. The van der Waals surface area contributed by atoms with E-state index in [9.17, 15) is 0 Å². The predicted octanol–water partition coefficient (Wildman–Crippen LogP) is 5.06. The Morgan fingerprint density at radius 1 is 1.00 bits per heavy atom. The summed E-state index contributed by atoms with van der Waals surface area (Å²) in [5, 5.41) is 0. The lowest BCUT2D eigenvalue weighted by atomic mass is 9.86. The van der Waals surface area contributed by atoms with Gasteiger partial charge in [0, 0.05) is 5.56 Å². The molecule has 0 radical (unpaired) electrons. The standard InChI is InChI=1S/C15H17BrO/c1-15(2,3)13-6-4-11(5-7-13)14(16)12-8-9-17-10-12/h4-10,14H,1-3H3. The third kappa shape index (κ3) is 2.81. The summed E-state index contributed by atoms with van der Waals surface area (Å²) in [4.78, 5) is 0.204. The van der Waals surface area contributed by atoms with Crippen molar-refractivity contribution < 1.29 is 4.42 Å². The first kappa shape index (κ1) is 12.4. The summed E-state index contributed by atoms with van der Waals surface area (Å²) in [6, 6.07) is 10.7. The molecular formula is C15H17BrO. The van der Waals surface area contributed by atoms with E-state index in [2.05, 4.69) is 61.0 Å². The second kappa shape index (κ2) is 4.69. The number of hydrogen-bond donors (Lipinski definition) is 0. The van der Waals surface area contributed by atoms with Crippen LogP contribution in [0.3, 0.4) is 0 Å². The fourth-order valence-corrected chi connectivity index (χ4v) is 2.33. The van der Waals surface area contributed by atoms with Gasteiger partial charge in [0.05, 0.1) is 17.4 Å². The molecule has 0 aliphatic heterocycles. The number of halogens is 1. The van der Waals surface area contributed by atoms with E-state index in [4.69, 9.17) is 4.42 Å². The quantitative estimate of drug-likeness (QED) is 0.705. The van der Waals surface area contributed by atoms with E-state index in [1.54, 1.807) is 12.5 Å².